The molecule has 0 aliphatic carbocycles. The zero-order chi connectivity index (χ0) is 13.0. The van der Waals surface area contributed by atoms with Gasteiger partial charge in [0.2, 0.25) is 0 Å². The highest BCUT2D eigenvalue weighted by atomic mass is 35.5. The predicted octanol–water partition coefficient (Wildman–Crippen LogP) is 3.57. The zero-order valence-corrected chi connectivity index (χ0v) is 10.9. The van der Waals surface area contributed by atoms with E-state index in [4.69, 9.17) is 16.3 Å². The minimum Gasteiger partial charge on any atom is -0.384 e. The Hall–Kier alpha value is -1.35. The summed E-state index contributed by atoms with van der Waals surface area (Å²) >= 11 is 5.93. The maximum absolute atomic E-state index is 10.3. The third-order valence-electron chi connectivity index (χ3n) is 2.74. The largest absolute Gasteiger partial charge is 0.384 e. The minimum absolute atomic E-state index is 0.538. The fraction of sp³-hybridized carbons (Fsp3) is 0.200. The van der Waals surface area contributed by atoms with Gasteiger partial charge in [-0.2, -0.15) is 0 Å². The van der Waals surface area contributed by atoms with Crippen molar-refractivity contribution < 1.29 is 9.84 Å². The quantitative estimate of drug-likeness (QED) is 0.913. The molecule has 2 aromatic rings. The number of hydrogen-bond acceptors (Lipinski definition) is 2. The molecule has 0 saturated heterocycles. The molecule has 0 radical (unpaired) electrons. The SMILES string of the molecule is COCc1cccc(C(O)c2cccc(Cl)c2)c1. The molecule has 0 heterocycles. The number of methoxy groups -OCH3 is 1. The van der Waals surface area contributed by atoms with Crippen molar-refractivity contribution in [3.05, 3.63) is 70.2 Å². The van der Waals surface area contributed by atoms with Crippen LogP contribution in [0.5, 0.6) is 0 Å². The summed E-state index contributed by atoms with van der Waals surface area (Å²) in [4.78, 5) is 0. The van der Waals surface area contributed by atoms with E-state index in [9.17, 15) is 5.11 Å². The molecule has 0 fully saturated rings. The highest BCUT2D eigenvalue weighted by Crippen LogP contribution is 2.24. The molecule has 1 unspecified atom stereocenters. The van der Waals surface area contributed by atoms with Crippen LogP contribution in [-0.2, 0) is 11.3 Å². The lowest BCUT2D eigenvalue weighted by Crippen LogP contribution is -2.00. The van der Waals surface area contributed by atoms with Crippen molar-refractivity contribution in [1.82, 2.24) is 0 Å². The van der Waals surface area contributed by atoms with E-state index < -0.39 is 6.10 Å². The van der Waals surface area contributed by atoms with E-state index in [2.05, 4.69) is 0 Å². The van der Waals surface area contributed by atoms with Gasteiger partial charge in [0.25, 0.3) is 0 Å². The first-order valence-electron chi connectivity index (χ1n) is 5.72. The van der Waals surface area contributed by atoms with Crippen LogP contribution < -0.4 is 0 Å². The van der Waals surface area contributed by atoms with E-state index in [0.29, 0.717) is 11.6 Å². The molecule has 0 saturated carbocycles. The van der Waals surface area contributed by atoms with E-state index >= 15 is 0 Å². The molecule has 0 amide bonds. The van der Waals surface area contributed by atoms with E-state index in [1.54, 1.807) is 19.2 Å². The van der Waals surface area contributed by atoms with Gasteiger partial charge in [-0.15, -0.1) is 0 Å². The average molecular weight is 263 g/mol. The van der Waals surface area contributed by atoms with Gasteiger partial charge in [-0.3, -0.25) is 0 Å². The lowest BCUT2D eigenvalue weighted by atomic mass is 10.00. The van der Waals surface area contributed by atoms with E-state index in [-0.39, 0.29) is 0 Å². The van der Waals surface area contributed by atoms with Crippen LogP contribution in [0.3, 0.4) is 0 Å². The summed E-state index contributed by atoms with van der Waals surface area (Å²) in [6, 6.07) is 15.0. The second kappa shape index (κ2) is 6.01. The minimum atomic E-state index is -0.666. The second-order valence-corrected chi connectivity index (χ2v) is 4.57. The summed E-state index contributed by atoms with van der Waals surface area (Å²) in [6.07, 6.45) is -0.666. The van der Waals surface area contributed by atoms with Crippen LogP contribution in [0.2, 0.25) is 5.02 Å². The number of aliphatic hydroxyl groups is 1. The van der Waals surface area contributed by atoms with Crippen molar-refractivity contribution in [3.8, 4) is 0 Å². The first-order chi connectivity index (χ1) is 8.70. The molecule has 1 N–H and O–H groups in total. The molecule has 0 spiro atoms. The summed E-state index contributed by atoms with van der Waals surface area (Å²) in [5.74, 6) is 0. The fourth-order valence-corrected chi connectivity index (χ4v) is 2.09. The van der Waals surface area contributed by atoms with Crippen LogP contribution in [-0.4, -0.2) is 12.2 Å². The Bertz CT molecular complexity index is 525. The predicted molar refractivity (Wildman–Crippen MR) is 72.7 cm³/mol. The third-order valence-corrected chi connectivity index (χ3v) is 2.98. The Morgan fingerprint density at radius 1 is 1.11 bits per heavy atom. The molecular formula is C15H15ClO2. The zero-order valence-electron chi connectivity index (χ0n) is 10.1. The van der Waals surface area contributed by atoms with Crippen molar-refractivity contribution >= 4 is 11.6 Å². The Labute approximate surface area is 112 Å². The number of hydrogen-bond donors (Lipinski definition) is 1. The van der Waals surface area contributed by atoms with E-state index in [0.717, 1.165) is 16.7 Å². The molecule has 0 aromatic heterocycles. The Morgan fingerprint density at radius 3 is 2.44 bits per heavy atom. The van der Waals surface area contributed by atoms with E-state index in [1.807, 2.05) is 36.4 Å². The molecule has 2 rings (SSSR count). The maximum Gasteiger partial charge on any atom is 0.104 e. The molecule has 3 heteroatoms. The molecular weight excluding hydrogens is 248 g/mol. The summed E-state index contributed by atoms with van der Waals surface area (Å²) in [5, 5.41) is 10.9. The molecule has 0 aliphatic heterocycles. The number of halogens is 1. The standard InChI is InChI=1S/C15H15ClO2/c1-18-10-11-4-2-5-12(8-11)15(17)13-6-3-7-14(16)9-13/h2-9,15,17H,10H2,1H3. The third kappa shape index (κ3) is 3.10. The molecule has 0 aliphatic rings. The van der Waals surface area contributed by atoms with Gasteiger partial charge in [-0.1, -0.05) is 48.0 Å². The van der Waals surface area contributed by atoms with Crippen LogP contribution in [0.25, 0.3) is 0 Å². The average Bonchev–Trinajstić information content (AvgIpc) is 2.39. The van der Waals surface area contributed by atoms with Crippen LogP contribution in [0, 0.1) is 0 Å². The molecule has 94 valence electrons. The first kappa shape index (κ1) is 13.1. The number of aliphatic hydroxyl groups excluding tert-OH is 1. The molecule has 18 heavy (non-hydrogen) atoms. The van der Waals surface area contributed by atoms with Gasteiger partial charge in [-0.05, 0) is 28.8 Å². The second-order valence-electron chi connectivity index (χ2n) is 4.14. The van der Waals surface area contributed by atoms with Crippen molar-refractivity contribution in [2.45, 2.75) is 12.7 Å². The van der Waals surface area contributed by atoms with Crippen molar-refractivity contribution in [3.63, 3.8) is 0 Å². The van der Waals surface area contributed by atoms with Gasteiger partial charge in [-0.25, -0.2) is 0 Å². The number of benzene rings is 2. The maximum atomic E-state index is 10.3. The van der Waals surface area contributed by atoms with Gasteiger partial charge >= 0.3 is 0 Å². The lowest BCUT2D eigenvalue weighted by Gasteiger charge is -2.13. The Morgan fingerprint density at radius 2 is 1.78 bits per heavy atom. The highest BCUT2D eigenvalue weighted by molar-refractivity contribution is 6.30. The van der Waals surface area contributed by atoms with Crippen molar-refractivity contribution in [2.75, 3.05) is 7.11 Å². The highest BCUT2D eigenvalue weighted by Gasteiger charge is 2.11. The van der Waals surface area contributed by atoms with Gasteiger partial charge < -0.3 is 9.84 Å². The monoisotopic (exact) mass is 262 g/mol. The topological polar surface area (TPSA) is 29.5 Å². The summed E-state index contributed by atoms with van der Waals surface area (Å²) < 4.78 is 5.08. The molecule has 1 atom stereocenters. The molecule has 0 bridgehead atoms. The summed E-state index contributed by atoms with van der Waals surface area (Å²) in [6.45, 7) is 0.538. The summed E-state index contributed by atoms with van der Waals surface area (Å²) in [7, 11) is 1.65. The normalized spacial score (nSPS) is 12.4. The number of ether oxygens (including phenoxy) is 1. The lowest BCUT2D eigenvalue weighted by molar-refractivity contribution is 0.184. The first-order valence-corrected chi connectivity index (χ1v) is 6.10. The van der Waals surface area contributed by atoms with Gasteiger partial charge in [0.05, 0.1) is 6.61 Å². The van der Waals surface area contributed by atoms with Crippen LogP contribution in [0.1, 0.15) is 22.8 Å². The number of rotatable bonds is 4. The van der Waals surface area contributed by atoms with Gasteiger partial charge in [0.15, 0.2) is 0 Å². The van der Waals surface area contributed by atoms with Crippen LogP contribution in [0.4, 0.5) is 0 Å². The molecule has 2 nitrogen and oxygen atoms in total. The van der Waals surface area contributed by atoms with E-state index in [1.165, 1.54) is 0 Å². The van der Waals surface area contributed by atoms with Crippen molar-refractivity contribution in [1.29, 1.82) is 0 Å². The molecule has 2 aromatic carbocycles. The van der Waals surface area contributed by atoms with Crippen LogP contribution >= 0.6 is 11.6 Å². The van der Waals surface area contributed by atoms with Crippen molar-refractivity contribution in [2.24, 2.45) is 0 Å². The van der Waals surface area contributed by atoms with Crippen LogP contribution in [0.15, 0.2) is 48.5 Å². The Kier molecular flexibility index (Phi) is 4.37. The van der Waals surface area contributed by atoms with Gasteiger partial charge in [0.1, 0.15) is 6.10 Å². The van der Waals surface area contributed by atoms with Gasteiger partial charge in [0, 0.05) is 12.1 Å². The smallest absolute Gasteiger partial charge is 0.104 e. The summed E-state index contributed by atoms with van der Waals surface area (Å²) in [5.41, 5.74) is 2.67. The fourth-order valence-electron chi connectivity index (χ4n) is 1.89. The Balaban J connectivity index is 2.27.